The number of halogens is 3. The van der Waals surface area contributed by atoms with E-state index in [0.717, 1.165) is 22.6 Å². The van der Waals surface area contributed by atoms with Crippen molar-refractivity contribution in [3.05, 3.63) is 93.1 Å². The molecule has 0 unspecified atom stereocenters. The Kier molecular flexibility index (Phi) is 6.97. The van der Waals surface area contributed by atoms with E-state index < -0.39 is 0 Å². The fourth-order valence-electron chi connectivity index (χ4n) is 3.46. The standard InChI is InChI=1S/C23H21Cl2FN6S/c1-14-22(15(2)32(29-14)12-16-5-3-6-17(24)11-16)28-23(33)27-21-9-10-31(30-21)13-18-19(25)7-4-8-20(18)26/h3-11H,12-13H2,1-2H3,(H2,27,28,30,33). The molecule has 0 atom stereocenters. The summed E-state index contributed by atoms with van der Waals surface area (Å²) >= 11 is 17.7. The van der Waals surface area contributed by atoms with Gasteiger partial charge >= 0.3 is 0 Å². The minimum atomic E-state index is -0.370. The highest BCUT2D eigenvalue weighted by Gasteiger charge is 2.14. The van der Waals surface area contributed by atoms with Gasteiger partial charge in [0.1, 0.15) is 5.82 Å². The number of benzene rings is 2. The van der Waals surface area contributed by atoms with Gasteiger partial charge in [0.15, 0.2) is 10.9 Å². The predicted molar refractivity (Wildman–Crippen MR) is 135 cm³/mol. The van der Waals surface area contributed by atoms with Gasteiger partial charge in [-0.2, -0.15) is 10.2 Å². The highest BCUT2D eigenvalue weighted by Crippen LogP contribution is 2.22. The molecule has 0 bridgehead atoms. The maximum atomic E-state index is 14.0. The molecule has 4 aromatic rings. The molecule has 33 heavy (non-hydrogen) atoms. The first-order chi connectivity index (χ1) is 15.8. The first kappa shape index (κ1) is 23.2. The van der Waals surface area contributed by atoms with Gasteiger partial charge in [0.25, 0.3) is 0 Å². The van der Waals surface area contributed by atoms with Crippen LogP contribution >= 0.6 is 35.4 Å². The third-order valence-corrected chi connectivity index (χ3v) is 5.90. The van der Waals surface area contributed by atoms with Gasteiger partial charge in [-0.1, -0.05) is 41.4 Å². The van der Waals surface area contributed by atoms with Crippen molar-refractivity contribution in [2.75, 3.05) is 10.6 Å². The first-order valence-corrected chi connectivity index (χ1v) is 11.3. The molecule has 0 aliphatic heterocycles. The second-order valence-electron chi connectivity index (χ2n) is 7.51. The Morgan fingerprint density at radius 3 is 2.58 bits per heavy atom. The number of thiocarbonyl (C=S) groups is 1. The average Bonchev–Trinajstić information content (AvgIpc) is 3.30. The Balaban J connectivity index is 1.42. The van der Waals surface area contributed by atoms with Crippen LogP contribution in [0.1, 0.15) is 22.5 Å². The van der Waals surface area contributed by atoms with Crippen molar-refractivity contribution in [2.45, 2.75) is 26.9 Å². The third-order valence-electron chi connectivity index (χ3n) is 5.11. The van der Waals surface area contributed by atoms with Gasteiger partial charge in [0, 0.05) is 27.9 Å². The molecule has 2 heterocycles. The Labute approximate surface area is 206 Å². The first-order valence-electron chi connectivity index (χ1n) is 10.1. The van der Waals surface area contributed by atoms with Crippen molar-refractivity contribution in [3.8, 4) is 0 Å². The summed E-state index contributed by atoms with van der Waals surface area (Å²) in [5.41, 5.74) is 4.02. The van der Waals surface area contributed by atoms with Crippen LogP contribution in [0.15, 0.2) is 54.7 Å². The summed E-state index contributed by atoms with van der Waals surface area (Å²) in [5.74, 6) is 0.159. The number of nitrogens with one attached hydrogen (secondary N) is 2. The van der Waals surface area contributed by atoms with E-state index in [9.17, 15) is 4.39 Å². The zero-order valence-corrected chi connectivity index (χ0v) is 20.3. The molecular formula is C23H21Cl2FN6S. The lowest BCUT2D eigenvalue weighted by molar-refractivity contribution is 0.586. The number of hydrogen-bond acceptors (Lipinski definition) is 3. The van der Waals surface area contributed by atoms with Crippen LogP contribution in [0.3, 0.4) is 0 Å². The van der Waals surface area contributed by atoms with Gasteiger partial charge in [0.2, 0.25) is 0 Å². The summed E-state index contributed by atoms with van der Waals surface area (Å²) in [6.07, 6.45) is 1.73. The molecule has 0 saturated carbocycles. The van der Waals surface area contributed by atoms with Crippen LogP contribution in [0.2, 0.25) is 10.0 Å². The quantitative estimate of drug-likeness (QED) is 0.314. The van der Waals surface area contributed by atoms with E-state index in [1.807, 2.05) is 42.8 Å². The summed E-state index contributed by atoms with van der Waals surface area (Å²) in [5, 5.41) is 16.7. The molecular weight excluding hydrogens is 482 g/mol. The minimum Gasteiger partial charge on any atom is -0.329 e. The van der Waals surface area contributed by atoms with Crippen molar-refractivity contribution >= 4 is 52.0 Å². The van der Waals surface area contributed by atoms with E-state index >= 15 is 0 Å². The summed E-state index contributed by atoms with van der Waals surface area (Å²) < 4.78 is 17.5. The topological polar surface area (TPSA) is 59.7 Å². The number of nitrogens with zero attached hydrogens (tertiary/aromatic N) is 4. The molecule has 0 aliphatic rings. The number of rotatable bonds is 6. The van der Waals surface area contributed by atoms with E-state index in [-0.39, 0.29) is 12.4 Å². The van der Waals surface area contributed by atoms with Crippen LogP contribution < -0.4 is 10.6 Å². The molecule has 4 rings (SSSR count). The predicted octanol–water partition coefficient (Wildman–Crippen LogP) is 6.05. The smallest absolute Gasteiger partial charge is 0.176 e. The zero-order chi connectivity index (χ0) is 23.5. The molecule has 2 aromatic carbocycles. The molecule has 2 aromatic heterocycles. The van der Waals surface area contributed by atoms with Crippen LogP contribution in [-0.4, -0.2) is 24.7 Å². The zero-order valence-electron chi connectivity index (χ0n) is 17.9. The molecule has 170 valence electrons. The number of aromatic nitrogens is 4. The van der Waals surface area contributed by atoms with Gasteiger partial charge in [-0.25, -0.2) is 4.39 Å². The maximum absolute atomic E-state index is 14.0. The normalized spacial score (nSPS) is 10.9. The van der Waals surface area contributed by atoms with Crippen LogP contribution in [0, 0.1) is 19.7 Å². The van der Waals surface area contributed by atoms with Gasteiger partial charge in [-0.15, -0.1) is 0 Å². The molecule has 0 saturated heterocycles. The minimum absolute atomic E-state index is 0.210. The molecule has 0 aliphatic carbocycles. The van der Waals surface area contributed by atoms with Crippen LogP contribution in [0.5, 0.6) is 0 Å². The molecule has 0 radical (unpaired) electrons. The van der Waals surface area contributed by atoms with Gasteiger partial charge in [-0.3, -0.25) is 9.36 Å². The second-order valence-corrected chi connectivity index (χ2v) is 8.76. The number of aryl methyl sites for hydroxylation is 1. The fourth-order valence-corrected chi connectivity index (χ4v) is 4.11. The Bertz CT molecular complexity index is 1300. The third kappa shape index (κ3) is 5.52. The molecule has 2 N–H and O–H groups in total. The highest BCUT2D eigenvalue weighted by molar-refractivity contribution is 7.80. The number of hydrogen-bond donors (Lipinski definition) is 2. The van der Waals surface area contributed by atoms with Crippen LogP contribution in [0.25, 0.3) is 0 Å². The second kappa shape index (κ2) is 9.91. The van der Waals surface area contributed by atoms with Gasteiger partial charge in [0.05, 0.1) is 30.2 Å². The fraction of sp³-hybridized carbons (Fsp3) is 0.174. The van der Waals surface area contributed by atoms with E-state index in [1.54, 1.807) is 29.1 Å². The van der Waals surface area contributed by atoms with Crippen molar-refractivity contribution in [1.29, 1.82) is 0 Å². The molecule has 0 amide bonds. The lowest BCUT2D eigenvalue weighted by atomic mass is 10.2. The van der Waals surface area contributed by atoms with Gasteiger partial charge in [-0.05, 0) is 55.9 Å². The van der Waals surface area contributed by atoms with Crippen molar-refractivity contribution in [2.24, 2.45) is 0 Å². The molecule has 6 nitrogen and oxygen atoms in total. The monoisotopic (exact) mass is 502 g/mol. The molecule has 0 fully saturated rings. The van der Waals surface area contributed by atoms with Crippen LogP contribution in [0.4, 0.5) is 15.9 Å². The van der Waals surface area contributed by atoms with E-state index in [1.165, 1.54) is 6.07 Å². The van der Waals surface area contributed by atoms with E-state index in [0.29, 0.717) is 33.1 Å². The Morgan fingerprint density at radius 1 is 1.03 bits per heavy atom. The highest BCUT2D eigenvalue weighted by atomic mass is 35.5. The summed E-state index contributed by atoms with van der Waals surface area (Å²) in [4.78, 5) is 0. The Morgan fingerprint density at radius 2 is 1.82 bits per heavy atom. The SMILES string of the molecule is Cc1nn(Cc2cccc(Cl)c2)c(C)c1NC(=S)Nc1ccn(Cc2c(F)cccc2Cl)n1. The van der Waals surface area contributed by atoms with Crippen molar-refractivity contribution in [1.82, 2.24) is 19.6 Å². The van der Waals surface area contributed by atoms with E-state index in [2.05, 4.69) is 20.8 Å². The largest absolute Gasteiger partial charge is 0.329 e. The average molecular weight is 503 g/mol. The summed E-state index contributed by atoms with van der Waals surface area (Å²) in [7, 11) is 0. The number of anilines is 2. The Hall–Kier alpha value is -2.94. The maximum Gasteiger partial charge on any atom is 0.176 e. The van der Waals surface area contributed by atoms with Crippen molar-refractivity contribution < 1.29 is 4.39 Å². The molecule has 0 spiro atoms. The van der Waals surface area contributed by atoms with Gasteiger partial charge < -0.3 is 10.6 Å². The molecule has 10 heteroatoms. The lowest BCUT2D eigenvalue weighted by Crippen LogP contribution is -2.20. The summed E-state index contributed by atoms with van der Waals surface area (Å²) in [6, 6.07) is 14.0. The van der Waals surface area contributed by atoms with Crippen molar-refractivity contribution in [3.63, 3.8) is 0 Å². The van der Waals surface area contributed by atoms with E-state index in [4.69, 9.17) is 35.4 Å². The lowest BCUT2D eigenvalue weighted by Gasteiger charge is -2.10. The summed E-state index contributed by atoms with van der Waals surface area (Å²) in [6.45, 7) is 4.70. The van der Waals surface area contributed by atoms with Crippen LogP contribution in [-0.2, 0) is 13.1 Å².